The molecule has 1 saturated carbocycles. The molecule has 0 atom stereocenters. The number of hydrogen-bond acceptors (Lipinski definition) is 2. The molecule has 1 aliphatic rings. The summed E-state index contributed by atoms with van der Waals surface area (Å²) in [5.74, 6) is -0.939. The van der Waals surface area contributed by atoms with Crippen molar-refractivity contribution >= 4 is 5.91 Å². The fourth-order valence-corrected chi connectivity index (χ4v) is 2.84. The molecule has 1 amide bonds. The molecule has 1 aliphatic carbocycles. The number of amides is 1. The van der Waals surface area contributed by atoms with Crippen LogP contribution in [0.2, 0.25) is 0 Å². The van der Waals surface area contributed by atoms with E-state index in [0.717, 1.165) is 24.8 Å². The molecule has 0 radical (unpaired) electrons. The maximum atomic E-state index is 13.8. The van der Waals surface area contributed by atoms with Crippen molar-refractivity contribution in [3.05, 3.63) is 35.1 Å². The zero-order chi connectivity index (χ0) is 14.8. The molecular formula is C16H19FN2O. The van der Waals surface area contributed by atoms with E-state index in [9.17, 15) is 14.4 Å². The quantitative estimate of drug-likeness (QED) is 0.829. The van der Waals surface area contributed by atoms with Gasteiger partial charge >= 0.3 is 0 Å². The normalized spacial score (nSPS) is 17.3. The summed E-state index contributed by atoms with van der Waals surface area (Å²) < 4.78 is 13.8. The Bertz CT molecular complexity index is 556. The number of hydrogen-bond donors (Lipinski definition) is 0. The number of carbonyl (C=O) groups excluding carboxylic acids is 1. The predicted octanol–water partition coefficient (Wildman–Crippen LogP) is 3.43. The smallest absolute Gasteiger partial charge is 0.257 e. The average molecular weight is 274 g/mol. The molecule has 0 spiro atoms. The minimum absolute atomic E-state index is 0.0488. The second kappa shape index (κ2) is 5.62. The molecular weight excluding hydrogens is 255 g/mol. The number of rotatable bonds is 2. The van der Waals surface area contributed by atoms with Crippen LogP contribution in [0.4, 0.5) is 4.39 Å². The van der Waals surface area contributed by atoms with Crippen LogP contribution in [0, 0.1) is 24.1 Å². The second-order valence-corrected chi connectivity index (χ2v) is 5.55. The lowest BCUT2D eigenvalue weighted by Crippen LogP contribution is -2.50. The minimum Gasteiger partial charge on any atom is -0.323 e. The number of aryl methyl sites for hydroxylation is 1. The Hall–Kier alpha value is -1.89. The van der Waals surface area contributed by atoms with Gasteiger partial charge in [0.05, 0.1) is 11.6 Å². The van der Waals surface area contributed by atoms with Crippen LogP contribution in [0.1, 0.15) is 48.0 Å². The van der Waals surface area contributed by atoms with Crippen LogP contribution >= 0.6 is 0 Å². The van der Waals surface area contributed by atoms with Gasteiger partial charge in [-0.15, -0.1) is 0 Å². The molecule has 1 fully saturated rings. The Kier molecular flexibility index (Phi) is 4.08. The third-order valence-corrected chi connectivity index (χ3v) is 4.19. The van der Waals surface area contributed by atoms with Gasteiger partial charge in [0, 0.05) is 7.05 Å². The summed E-state index contributed by atoms with van der Waals surface area (Å²) in [6.07, 6.45) is 4.28. The largest absolute Gasteiger partial charge is 0.323 e. The summed E-state index contributed by atoms with van der Waals surface area (Å²) in [5, 5.41) is 9.49. The molecule has 0 N–H and O–H groups in total. The van der Waals surface area contributed by atoms with Gasteiger partial charge in [-0.05, 0) is 31.9 Å². The van der Waals surface area contributed by atoms with E-state index in [2.05, 4.69) is 6.07 Å². The first-order chi connectivity index (χ1) is 9.50. The first-order valence-corrected chi connectivity index (χ1v) is 6.96. The molecule has 0 bridgehead atoms. The summed E-state index contributed by atoms with van der Waals surface area (Å²) in [6.45, 7) is 1.82. The van der Waals surface area contributed by atoms with Gasteiger partial charge in [0.15, 0.2) is 0 Å². The molecule has 0 aromatic heterocycles. The highest BCUT2D eigenvalue weighted by molar-refractivity contribution is 5.95. The van der Waals surface area contributed by atoms with Crippen LogP contribution in [0.3, 0.4) is 0 Å². The fourth-order valence-electron chi connectivity index (χ4n) is 2.84. The summed E-state index contributed by atoms with van der Waals surface area (Å²) in [4.78, 5) is 14.0. The number of carbonyl (C=O) groups is 1. The molecule has 3 nitrogen and oxygen atoms in total. The Labute approximate surface area is 119 Å². The average Bonchev–Trinajstić information content (AvgIpc) is 2.49. The van der Waals surface area contributed by atoms with Crippen LogP contribution in [0.25, 0.3) is 0 Å². The summed E-state index contributed by atoms with van der Waals surface area (Å²) in [7, 11) is 1.61. The van der Waals surface area contributed by atoms with Gasteiger partial charge in [-0.1, -0.05) is 30.9 Å². The topological polar surface area (TPSA) is 44.1 Å². The van der Waals surface area contributed by atoms with E-state index < -0.39 is 17.3 Å². The molecule has 4 heteroatoms. The first-order valence-electron chi connectivity index (χ1n) is 6.96. The molecule has 0 saturated heterocycles. The SMILES string of the molecule is Cc1ccc(F)c(C(=O)N(C)C2(C#N)CCCCC2)c1. The Morgan fingerprint density at radius 1 is 1.35 bits per heavy atom. The van der Waals surface area contributed by atoms with E-state index in [1.165, 1.54) is 11.0 Å². The Balaban J connectivity index is 2.32. The standard InChI is InChI=1S/C16H19FN2O/c1-12-6-7-14(17)13(10-12)15(20)19(2)16(11-18)8-4-3-5-9-16/h6-7,10H,3-5,8-9H2,1-2H3. The van der Waals surface area contributed by atoms with Gasteiger partial charge in [-0.25, -0.2) is 4.39 Å². The minimum atomic E-state index is -0.786. The maximum absolute atomic E-state index is 13.8. The van der Waals surface area contributed by atoms with Crippen LogP contribution in [-0.2, 0) is 0 Å². The molecule has 1 aromatic carbocycles. The number of halogens is 1. The maximum Gasteiger partial charge on any atom is 0.257 e. The van der Waals surface area contributed by atoms with Gasteiger partial charge in [0.1, 0.15) is 11.4 Å². The highest BCUT2D eigenvalue weighted by Gasteiger charge is 2.39. The van der Waals surface area contributed by atoms with Crippen molar-refractivity contribution in [2.75, 3.05) is 7.05 Å². The lowest BCUT2D eigenvalue weighted by atomic mass is 9.81. The predicted molar refractivity (Wildman–Crippen MR) is 74.7 cm³/mol. The zero-order valence-corrected chi connectivity index (χ0v) is 11.9. The molecule has 0 aliphatic heterocycles. The van der Waals surface area contributed by atoms with Gasteiger partial charge in [0.25, 0.3) is 5.91 Å². The highest BCUT2D eigenvalue weighted by atomic mass is 19.1. The van der Waals surface area contributed by atoms with E-state index >= 15 is 0 Å². The zero-order valence-electron chi connectivity index (χ0n) is 11.9. The second-order valence-electron chi connectivity index (χ2n) is 5.55. The van der Waals surface area contributed by atoms with Crippen molar-refractivity contribution in [1.82, 2.24) is 4.90 Å². The van der Waals surface area contributed by atoms with E-state index in [0.29, 0.717) is 12.8 Å². The third-order valence-electron chi connectivity index (χ3n) is 4.19. The van der Waals surface area contributed by atoms with E-state index in [-0.39, 0.29) is 5.56 Å². The highest BCUT2D eigenvalue weighted by Crippen LogP contribution is 2.33. The molecule has 1 aromatic rings. The third kappa shape index (κ3) is 2.53. The van der Waals surface area contributed by atoms with Crippen LogP contribution in [-0.4, -0.2) is 23.4 Å². The van der Waals surface area contributed by atoms with Gasteiger partial charge in [-0.2, -0.15) is 5.26 Å². The molecule has 2 rings (SSSR count). The van der Waals surface area contributed by atoms with Crippen molar-refractivity contribution in [2.24, 2.45) is 0 Å². The van der Waals surface area contributed by atoms with Crippen LogP contribution < -0.4 is 0 Å². The van der Waals surface area contributed by atoms with Crippen LogP contribution in [0.15, 0.2) is 18.2 Å². The first kappa shape index (κ1) is 14.5. The van der Waals surface area contributed by atoms with Crippen molar-refractivity contribution in [1.29, 1.82) is 5.26 Å². The molecule has 0 unspecified atom stereocenters. The monoisotopic (exact) mass is 274 g/mol. The van der Waals surface area contributed by atoms with E-state index in [1.54, 1.807) is 19.2 Å². The van der Waals surface area contributed by atoms with Gasteiger partial charge in [-0.3, -0.25) is 4.79 Å². The Morgan fingerprint density at radius 3 is 2.60 bits per heavy atom. The lowest BCUT2D eigenvalue weighted by molar-refractivity contribution is 0.0584. The van der Waals surface area contributed by atoms with Crippen molar-refractivity contribution in [2.45, 2.75) is 44.6 Å². The lowest BCUT2D eigenvalue weighted by Gasteiger charge is -2.39. The number of nitrogens with zero attached hydrogens (tertiary/aromatic N) is 2. The summed E-state index contributed by atoms with van der Waals surface area (Å²) >= 11 is 0. The molecule has 106 valence electrons. The molecule has 20 heavy (non-hydrogen) atoms. The van der Waals surface area contributed by atoms with Crippen molar-refractivity contribution in [3.8, 4) is 6.07 Å². The van der Waals surface area contributed by atoms with Gasteiger partial charge in [0.2, 0.25) is 0 Å². The van der Waals surface area contributed by atoms with E-state index in [1.807, 2.05) is 6.92 Å². The Morgan fingerprint density at radius 2 is 2.00 bits per heavy atom. The van der Waals surface area contributed by atoms with Gasteiger partial charge < -0.3 is 4.90 Å². The summed E-state index contributed by atoms with van der Waals surface area (Å²) in [6, 6.07) is 6.76. The van der Waals surface area contributed by atoms with Crippen LogP contribution in [0.5, 0.6) is 0 Å². The van der Waals surface area contributed by atoms with Crippen molar-refractivity contribution < 1.29 is 9.18 Å². The van der Waals surface area contributed by atoms with E-state index in [4.69, 9.17) is 0 Å². The fraction of sp³-hybridized carbons (Fsp3) is 0.500. The number of nitriles is 1. The molecule has 0 heterocycles. The number of benzene rings is 1. The van der Waals surface area contributed by atoms with Crippen molar-refractivity contribution in [3.63, 3.8) is 0 Å². The summed E-state index contributed by atoms with van der Waals surface area (Å²) in [5.41, 5.74) is 0.0939.